The van der Waals surface area contributed by atoms with Crippen LogP contribution in [0.15, 0.2) is 30.6 Å². The van der Waals surface area contributed by atoms with E-state index in [0.29, 0.717) is 23.5 Å². The quantitative estimate of drug-likeness (QED) is 0.450. The summed E-state index contributed by atoms with van der Waals surface area (Å²) >= 11 is 0. The Labute approximate surface area is 199 Å². The van der Waals surface area contributed by atoms with Crippen molar-refractivity contribution in [1.82, 2.24) is 30.2 Å². The van der Waals surface area contributed by atoms with Crippen molar-refractivity contribution in [3.63, 3.8) is 0 Å². The van der Waals surface area contributed by atoms with Crippen molar-refractivity contribution < 1.29 is 9.90 Å². The molecule has 3 aromatic rings. The first-order valence-electron chi connectivity index (χ1n) is 11.9. The van der Waals surface area contributed by atoms with Gasteiger partial charge in [0.05, 0.1) is 11.9 Å². The maximum atomic E-state index is 11.8. The number of carboxylic acid groups (broad SMARTS) is 1. The molecule has 1 saturated carbocycles. The lowest BCUT2D eigenvalue weighted by Crippen LogP contribution is -2.49. The second-order valence-electron chi connectivity index (χ2n) is 8.94. The summed E-state index contributed by atoms with van der Waals surface area (Å²) in [5.74, 6) is 0.139. The van der Waals surface area contributed by atoms with Crippen molar-refractivity contribution in [2.24, 2.45) is 0 Å². The van der Waals surface area contributed by atoms with Gasteiger partial charge in [-0.15, -0.1) is 0 Å². The Hall–Kier alpha value is -3.24. The number of pyridine rings is 1. The Morgan fingerprint density at radius 1 is 1.18 bits per heavy atom. The molecular weight excluding hydrogens is 432 g/mol. The maximum absolute atomic E-state index is 11.8. The van der Waals surface area contributed by atoms with Gasteiger partial charge in [-0.3, -0.25) is 0 Å². The summed E-state index contributed by atoms with van der Waals surface area (Å²) in [4.78, 5) is 27.7. The minimum absolute atomic E-state index is 0.171. The number of nitrogens with one attached hydrogen (secondary N) is 3. The van der Waals surface area contributed by atoms with Crippen molar-refractivity contribution in [3.8, 4) is 0 Å². The van der Waals surface area contributed by atoms with Crippen molar-refractivity contribution in [2.75, 3.05) is 43.9 Å². The zero-order chi connectivity index (χ0) is 24.1. The molecule has 1 unspecified atom stereocenters. The monoisotopic (exact) mass is 466 g/mol. The van der Waals surface area contributed by atoms with Gasteiger partial charge < -0.3 is 30.5 Å². The molecule has 1 aliphatic heterocycles. The van der Waals surface area contributed by atoms with Gasteiger partial charge in [-0.1, -0.05) is 12.8 Å². The number of carbonyl (C=O) groups is 1. The van der Waals surface area contributed by atoms with Crippen molar-refractivity contribution in [1.29, 1.82) is 0 Å². The fourth-order valence-electron chi connectivity index (χ4n) is 4.69. The summed E-state index contributed by atoms with van der Waals surface area (Å²) in [6.45, 7) is 5.06. The first-order chi connectivity index (χ1) is 16.5. The minimum atomic E-state index is -0.932. The largest absolute Gasteiger partial charge is 0.477 e. The summed E-state index contributed by atoms with van der Waals surface area (Å²) in [6.07, 6.45) is 7.72. The van der Waals surface area contributed by atoms with Gasteiger partial charge in [-0.25, -0.2) is 14.8 Å². The van der Waals surface area contributed by atoms with E-state index in [2.05, 4.69) is 48.8 Å². The summed E-state index contributed by atoms with van der Waals surface area (Å²) in [7, 11) is 3.75. The Balaban J connectivity index is 0.000000868. The highest BCUT2D eigenvalue weighted by Gasteiger charge is 2.25. The van der Waals surface area contributed by atoms with E-state index in [-0.39, 0.29) is 11.7 Å². The number of nitrogens with zero attached hydrogens (tertiary/aromatic N) is 5. The molecule has 1 atom stereocenters. The lowest BCUT2D eigenvalue weighted by atomic mass is 10.2. The molecule has 10 heteroatoms. The lowest BCUT2D eigenvalue weighted by molar-refractivity contribution is 0.0683. The number of aromatic nitrogens is 4. The second-order valence-corrected chi connectivity index (χ2v) is 8.94. The highest BCUT2D eigenvalue weighted by molar-refractivity contribution is 5.93. The molecule has 0 amide bonds. The van der Waals surface area contributed by atoms with E-state index in [1.54, 1.807) is 12.3 Å². The molecule has 4 heterocycles. The van der Waals surface area contributed by atoms with E-state index in [4.69, 9.17) is 0 Å². The first kappa shape index (κ1) is 23.9. The number of anilines is 3. The summed E-state index contributed by atoms with van der Waals surface area (Å²) in [5, 5.41) is 19.8. The highest BCUT2D eigenvalue weighted by atomic mass is 16.4. The molecule has 0 bridgehead atoms. The number of fused-ring (bicyclic) bond motifs is 1. The number of aromatic carboxylic acids is 1. The van der Waals surface area contributed by atoms with Gasteiger partial charge in [-0.05, 0) is 52.1 Å². The second kappa shape index (κ2) is 10.8. The predicted octanol–water partition coefficient (Wildman–Crippen LogP) is 3.02. The standard InChI is InChI=1S/C22H27N7O2.C2H7N/c1-14-13-28(9-8-23-14)17-6-7-19(24-12-17)26-22-25-11-15-10-18(21(30)31)29(20(15)27-22)16-4-2-3-5-16;1-3-2/h6-7,10-12,14,16,23H,2-5,8-9,13H2,1H3,(H,30,31)(H,24,25,26,27);3H,1-2H3. The van der Waals surface area contributed by atoms with E-state index in [1.807, 2.05) is 30.9 Å². The zero-order valence-corrected chi connectivity index (χ0v) is 20.1. The van der Waals surface area contributed by atoms with Gasteiger partial charge in [0.1, 0.15) is 17.2 Å². The van der Waals surface area contributed by atoms with Crippen LogP contribution in [-0.4, -0.2) is 70.4 Å². The number of rotatable bonds is 5. The molecular formula is C24H34N8O2. The van der Waals surface area contributed by atoms with Crippen molar-refractivity contribution in [2.45, 2.75) is 44.7 Å². The molecule has 0 spiro atoms. The SMILES string of the molecule is CC1CN(c2ccc(Nc3ncc4cc(C(=O)O)n(C5CCCC5)c4n3)nc2)CCN1.CNC. The van der Waals surface area contributed by atoms with Crippen molar-refractivity contribution in [3.05, 3.63) is 36.3 Å². The molecule has 34 heavy (non-hydrogen) atoms. The normalized spacial score (nSPS) is 18.6. The molecule has 1 aliphatic carbocycles. The number of carboxylic acids is 1. The molecule has 1 saturated heterocycles. The van der Waals surface area contributed by atoms with E-state index in [1.165, 1.54) is 0 Å². The third-order valence-electron chi connectivity index (χ3n) is 6.21. The van der Waals surface area contributed by atoms with Gasteiger partial charge >= 0.3 is 5.97 Å². The van der Waals surface area contributed by atoms with Crippen LogP contribution in [0.4, 0.5) is 17.5 Å². The summed E-state index contributed by atoms with van der Waals surface area (Å²) < 4.78 is 1.87. The lowest BCUT2D eigenvalue weighted by Gasteiger charge is -2.33. The number of hydrogen-bond acceptors (Lipinski definition) is 8. The van der Waals surface area contributed by atoms with Crippen LogP contribution in [0.25, 0.3) is 11.0 Å². The van der Waals surface area contributed by atoms with Crippen LogP contribution in [0.3, 0.4) is 0 Å². The van der Waals surface area contributed by atoms with Crippen LogP contribution in [0.2, 0.25) is 0 Å². The molecule has 3 aromatic heterocycles. The van der Waals surface area contributed by atoms with Gasteiger partial charge in [0, 0.05) is 43.3 Å². The molecule has 2 aliphatic rings. The number of hydrogen-bond donors (Lipinski definition) is 4. The van der Waals surface area contributed by atoms with Gasteiger partial charge in [0.15, 0.2) is 0 Å². The molecule has 2 fully saturated rings. The minimum Gasteiger partial charge on any atom is -0.477 e. The van der Waals surface area contributed by atoms with E-state index in [9.17, 15) is 9.90 Å². The summed E-state index contributed by atoms with van der Waals surface area (Å²) in [5.41, 5.74) is 2.03. The fraction of sp³-hybridized carbons (Fsp3) is 0.500. The Kier molecular flexibility index (Phi) is 7.59. The van der Waals surface area contributed by atoms with Gasteiger partial charge in [-0.2, -0.15) is 4.98 Å². The summed E-state index contributed by atoms with van der Waals surface area (Å²) in [6, 6.07) is 6.27. The van der Waals surface area contributed by atoms with E-state index < -0.39 is 5.97 Å². The Morgan fingerprint density at radius 2 is 1.94 bits per heavy atom. The topological polar surface area (TPSA) is 120 Å². The van der Waals surface area contributed by atoms with E-state index in [0.717, 1.165) is 56.4 Å². The third kappa shape index (κ3) is 5.28. The van der Waals surface area contributed by atoms with Crippen LogP contribution in [0.1, 0.15) is 49.1 Å². The van der Waals surface area contributed by atoms with Crippen LogP contribution < -0.4 is 20.9 Å². The van der Waals surface area contributed by atoms with Crippen LogP contribution in [0.5, 0.6) is 0 Å². The Morgan fingerprint density at radius 3 is 2.59 bits per heavy atom. The third-order valence-corrected chi connectivity index (χ3v) is 6.21. The molecule has 10 nitrogen and oxygen atoms in total. The van der Waals surface area contributed by atoms with Gasteiger partial charge in [0.2, 0.25) is 5.95 Å². The van der Waals surface area contributed by atoms with Crippen LogP contribution in [-0.2, 0) is 0 Å². The maximum Gasteiger partial charge on any atom is 0.352 e. The van der Waals surface area contributed by atoms with Crippen LogP contribution >= 0.6 is 0 Å². The molecule has 4 N–H and O–H groups in total. The zero-order valence-electron chi connectivity index (χ0n) is 20.1. The molecule has 5 rings (SSSR count). The molecule has 0 aromatic carbocycles. The smallest absolute Gasteiger partial charge is 0.352 e. The predicted molar refractivity (Wildman–Crippen MR) is 134 cm³/mol. The average molecular weight is 467 g/mol. The van der Waals surface area contributed by atoms with Crippen molar-refractivity contribution >= 4 is 34.5 Å². The van der Waals surface area contributed by atoms with Crippen LogP contribution in [0, 0.1) is 0 Å². The molecule has 0 radical (unpaired) electrons. The molecule has 182 valence electrons. The van der Waals surface area contributed by atoms with Gasteiger partial charge in [0.25, 0.3) is 0 Å². The fourth-order valence-corrected chi connectivity index (χ4v) is 4.69. The highest BCUT2D eigenvalue weighted by Crippen LogP contribution is 2.34. The average Bonchev–Trinajstić information content (AvgIpc) is 3.48. The Bertz CT molecular complexity index is 1110. The van der Waals surface area contributed by atoms with E-state index >= 15 is 0 Å². The first-order valence-corrected chi connectivity index (χ1v) is 11.9. The number of piperazine rings is 1.